The van der Waals surface area contributed by atoms with E-state index in [4.69, 9.17) is 14.0 Å². The predicted molar refractivity (Wildman–Crippen MR) is 82.0 cm³/mol. The van der Waals surface area contributed by atoms with Gasteiger partial charge in [-0.2, -0.15) is 0 Å². The Labute approximate surface area is 121 Å². The molecule has 1 aliphatic heterocycles. The van der Waals surface area contributed by atoms with Crippen LogP contribution in [0, 0.1) is 0 Å². The normalized spacial score (nSPS) is 14.8. The van der Waals surface area contributed by atoms with Gasteiger partial charge in [-0.15, -0.1) is 0 Å². The maximum absolute atomic E-state index is 6.09. The van der Waals surface area contributed by atoms with Crippen LogP contribution in [0.3, 0.4) is 0 Å². The molecule has 1 aliphatic rings. The average Bonchev–Trinajstić information content (AvgIpc) is 2.46. The molecule has 1 unspecified atom stereocenters. The van der Waals surface area contributed by atoms with Gasteiger partial charge in [0.25, 0.3) is 0 Å². The van der Waals surface area contributed by atoms with Crippen molar-refractivity contribution in [3.63, 3.8) is 0 Å². The molecule has 1 heterocycles. The van der Waals surface area contributed by atoms with E-state index >= 15 is 0 Å². The van der Waals surface area contributed by atoms with Gasteiger partial charge in [0.1, 0.15) is 0 Å². The van der Waals surface area contributed by atoms with E-state index in [1.807, 2.05) is 24.3 Å². The fourth-order valence-corrected chi connectivity index (χ4v) is 2.91. The largest absolute Gasteiger partial charge is 0.493 e. The zero-order valence-corrected chi connectivity index (χ0v) is 12.9. The van der Waals surface area contributed by atoms with Gasteiger partial charge in [-0.1, -0.05) is 38.1 Å². The fraction of sp³-hybridized carbons (Fsp3) is 0.250. The minimum atomic E-state index is -0.170. The molecule has 2 aromatic rings. The first-order chi connectivity index (χ1) is 9.59. The van der Waals surface area contributed by atoms with Crippen molar-refractivity contribution >= 4 is 9.47 Å². The monoisotopic (exact) mass is 288 g/mol. The van der Waals surface area contributed by atoms with E-state index in [1.165, 1.54) is 0 Å². The second-order valence-corrected chi connectivity index (χ2v) is 5.55. The van der Waals surface area contributed by atoms with Crippen molar-refractivity contribution in [2.75, 3.05) is 7.11 Å². The van der Waals surface area contributed by atoms with Crippen LogP contribution in [0.15, 0.2) is 36.4 Å². The van der Waals surface area contributed by atoms with Crippen LogP contribution in [0.5, 0.6) is 23.0 Å². The van der Waals surface area contributed by atoms with Gasteiger partial charge in [0, 0.05) is 16.5 Å². The number of ether oxygens (including phenoxy) is 2. The van der Waals surface area contributed by atoms with Crippen LogP contribution in [0.25, 0.3) is 0 Å². The Balaban J connectivity index is 2.28. The first-order valence-electron chi connectivity index (χ1n) is 6.45. The fourth-order valence-electron chi connectivity index (χ4n) is 2.73. The number of benzene rings is 2. The molecule has 20 heavy (non-hydrogen) atoms. The second-order valence-electron chi connectivity index (χ2n) is 5.31. The summed E-state index contributed by atoms with van der Waals surface area (Å²) in [7, 11) is 3.92. The molecule has 0 amide bonds. The van der Waals surface area contributed by atoms with Crippen molar-refractivity contribution in [3.8, 4) is 23.0 Å². The van der Waals surface area contributed by atoms with Gasteiger partial charge in [0.15, 0.2) is 23.0 Å². The van der Waals surface area contributed by atoms with E-state index in [-0.39, 0.29) is 5.41 Å². The molecule has 0 aliphatic carbocycles. The van der Waals surface area contributed by atoms with Crippen LogP contribution < -0.4 is 14.0 Å². The van der Waals surface area contributed by atoms with E-state index in [1.54, 1.807) is 7.11 Å². The summed E-state index contributed by atoms with van der Waals surface area (Å²) in [4.78, 5) is 0. The number of para-hydroxylation sites is 2. The lowest BCUT2D eigenvalue weighted by atomic mass is 9.75. The van der Waals surface area contributed by atoms with Gasteiger partial charge in [-0.05, 0) is 12.1 Å². The Morgan fingerprint density at radius 2 is 1.50 bits per heavy atom. The van der Waals surface area contributed by atoms with Gasteiger partial charge in [-0.3, -0.25) is 0 Å². The zero-order valence-electron chi connectivity index (χ0n) is 11.8. The quantitative estimate of drug-likeness (QED) is 0.771. The lowest BCUT2D eigenvalue weighted by Gasteiger charge is -2.35. The average molecular weight is 288 g/mol. The molecule has 3 nitrogen and oxygen atoms in total. The van der Waals surface area contributed by atoms with Gasteiger partial charge < -0.3 is 14.0 Å². The summed E-state index contributed by atoms with van der Waals surface area (Å²) >= 11 is 0. The highest BCUT2D eigenvalue weighted by molar-refractivity contribution is 7.10. The third-order valence-corrected chi connectivity index (χ3v) is 4.11. The van der Waals surface area contributed by atoms with Crippen LogP contribution in [0.4, 0.5) is 0 Å². The Kier molecular flexibility index (Phi) is 3.10. The molecule has 104 valence electrons. The van der Waals surface area contributed by atoms with Crippen LogP contribution >= 0.6 is 9.47 Å². The second kappa shape index (κ2) is 4.68. The van der Waals surface area contributed by atoms with E-state index in [0.29, 0.717) is 5.75 Å². The Morgan fingerprint density at radius 1 is 0.950 bits per heavy atom. The van der Waals surface area contributed by atoms with E-state index in [9.17, 15) is 0 Å². The van der Waals surface area contributed by atoms with Crippen LogP contribution in [0.1, 0.15) is 25.0 Å². The van der Waals surface area contributed by atoms with Crippen molar-refractivity contribution in [2.24, 2.45) is 0 Å². The summed E-state index contributed by atoms with van der Waals surface area (Å²) in [6, 6.07) is 11.9. The molecule has 0 spiro atoms. The molecule has 1 atom stereocenters. The minimum Gasteiger partial charge on any atom is -0.493 e. The third kappa shape index (κ3) is 1.77. The number of hydrogen-bond donors (Lipinski definition) is 0. The molecule has 0 N–H and O–H groups in total. The molecule has 0 aromatic heterocycles. The lowest BCUT2D eigenvalue weighted by Crippen LogP contribution is -2.24. The van der Waals surface area contributed by atoms with Crippen LogP contribution in [-0.4, -0.2) is 7.11 Å². The van der Waals surface area contributed by atoms with Crippen molar-refractivity contribution in [1.29, 1.82) is 0 Å². The predicted octanol–water partition coefficient (Wildman–Crippen LogP) is 4.30. The van der Waals surface area contributed by atoms with Crippen molar-refractivity contribution < 1.29 is 14.0 Å². The van der Waals surface area contributed by atoms with Gasteiger partial charge >= 0.3 is 0 Å². The van der Waals surface area contributed by atoms with Crippen molar-refractivity contribution in [3.05, 3.63) is 47.5 Å². The highest BCUT2D eigenvalue weighted by Crippen LogP contribution is 2.53. The SMILES string of the molecule is COc1cccc2c1Oc1c(OP)cccc1C2(C)C. The number of methoxy groups -OCH3 is 1. The van der Waals surface area contributed by atoms with Crippen LogP contribution in [-0.2, 0) is 5.41 Å². The molecular weight excluding hydrogens is 271 g/mol. The molecule has 2 aromatic carbocycles. The summed E-state index contributed by atoms with van der Waals surface area (Å²) < 4.78 is 16.9. The Morgan fingerprint density at radius 3 is 2.05 bits per heavy atom. The summed E-state index contributed by atoms with van der Waals surface area (Å²) in [5.41, 5.74) is 2.06. The van der Waals surface area contributed by atoms with Gasteiger partial charge in [0.2, 0.25) is 0 Å². The Hall–Kier alpha value is -1.73. The summed E-state index contributed by atoms with van der Waals surface area (Å²) in [5, 5.41) is 0. The highest BCUT2D eigenvalue weighted by Gasteiger charge is 2.37. The maximum atomic E-state index is 6.09. The zero-order chi connectivity index (χ0) is 14.3. The van der Waals surface area contributed by atoms with E-state index < -0.39 is 0 Å². The molecule has 4 heteroatoms. The van der Waals surface area contributed by atoms with E-state index in [2.05, 4.69) is 35.4 Å². The first-order valence-corrected chi connectivity index (χ1v) is 6.92. The first kappa shape index (κ1) is 13.3. The molecular formula is C16H17O3P. The highest BCUT2D eigenvalue weighted by atomic mass is 31.0. The van der Waals surface area contributed by atoms with E-state index in [0.717, 1.165) is 28.4 Å². The molecule has 3 rings (SSSR count). The number of fused-ring (bicyclic) bond motifs is 2. The minimum absolute atomic E-state index is 0.170. The standard InChI is InChI=1S/C16H17O3P/c1-16(2)10-6-4-8-12(17-3)14(10)18-15-11(16)7-5-9-13(15)19-20/h4-9H,20H2,1-3H3. The maximum Gasteiger partial charge on any atom is 0.173 e. The van der Waals surface area contributed by atoms with Crippen molar-refractivity contribution in [1.82, 2.24) is 0 Å². The number of hydrogen-bond acceptors (Lipinski definition) is 3. The molecule has 0 saturated carbocycles. The summed E-state index contributed by atoms with van der Waals surface area (Å²) in [5.74, 6) is 2.96. The molecule has 0 saturated heterocycles. The molecule has 0 radical (unpaired) electrons. The smallest absolute Gasteiger partial charge is 0.173 e. The van der Waals surface area contributed by atoms with Crippen molar-refractivity contribution in [2.45, 2.75) is 19.3 Å². The molecule has 0 bridgehead atoms. The third-order valence-electron chi connectivity index (χ3n) is 3.86. The van der Waals surface area contributed by atoms with Crippen LogP contribution in [0.2, 0.25) is 0 Å². The van der Waals surface area contributed by atoms with Gasteiger partial charge in [0.05, 0.1) is 16.6 Å². The Bertz CT molecular complexity index is 609. The number of rotatable bonds is 2. The molecule has 0 fully saturated rings. The topological polar surface area (TPSA) is 27.7 Å². The van der Waals surface area contributed by atoms with Gasteiger partial charge in [-0.25, -0.2) is 0 Å². The lowest BCUT2D eigenvalue weighted by molar-refractivity contribution is 0.351. The summed E-state index contributed by atoms with van der Waals surface area (Å²) in [6.45, 7) is 4.36. The summed E-state index contributed by atoms with van der Waals surface area (Å²) in [6.07, 6.45) is 0.